The van der Waals surface area contributed by atoms with Crippen LogP contribution in [0.1, 0.15) is 54.7 Å². The van der Waals surface area contributed by atoms with E-state index in [1.54, 1.807) is 0 Å². The average molecular weight is 329 g/mol. The number of anilines is 1. The maximum Gasteiger partial charge on any atom is 0.322 e. The van der Waals surface area contributed by atoms with Crippen LogP contribution in [0.25, 0.3) is 0 Å². The van der Waals surface area contributed by atoms with Crippen molar-refractivity contribution in [2.24, 2.45) is 0 Å². The molecular formula is C17H23N5O2. The Balaban J connectivity index is 1.45. The van der Waals surface area contributed by atoms with Gasteiger partial charge in [0.05, 0.1) is 12.2 Å². The SMILES string of the molecule is Cc1cnn([C@H]2CCCN(C(=O)Nc3c(C)noc3C3CC3)C2)c1. The molecule has 2 fully saturated rings. The Kier molecular flexibility index (Phi) is 3.78. The van der Waals surface area contributed by atoms with Gasteiger partial charge in [0, 0.05) is 25.2 Å². The lowest BCUT2D eigenvalue weighted by molar-refractivity contribution is 0.174. The molecule has 1 saturated carbocycles. The molecule has 0 aromatic carbocycles. The minimum absolute atomic E-state index is 0.0724. The highest BCUT2D eigenvalue weighted by Gasteiger charge is 2.33. The molecule has 7 nitrogen and oxygen atoms in total. The zero-order chi connectivity index (χ0) is 16.7. The van der Waals surface area contributed by atoms with E-state index < -0.39 is 0 Å². The molecule has 1 aliphatic carbocycles. The number of hydrogen-bond donors (Lipinski definition) is 1. The van der Waals surface area contributed by atoms with Crippen LogP contribution in [0.3, 0.4) is 0 Å². The van der Waals surface area contributed by atoms with Gasteiger partial charge in [-0.1, -0.05) is 5.16 Å². The smallest absolute Gasteiger partial charge is 0.322 e. The molecule has 2 aliphatic rings. The van der Waals surface area contributed by atoms with Gasteiger partial charge in [-0.15, -0.1) is 0 Å². The van der Waals surface area contributed by atoms with Crippen LogP contribution in [0.2, 0.25) is 0 Å². The number of nitrogens with one attached hydrogen (secondary N) is 1. The number of carbonyl (C=O) groups excluding carboxylic acids is 1. The van der Waals surface area contributed by atoms with Crippen LogP contribution >= 0.6 is 0 Å². The van der Waals surface area contributed by atoms with E-state index in [-0.39, 0.29) is 12.1 Å². The van der Waals surface area contributed by atoms with Gasteiger partial charge in [-0.05, 0) is 45.1 Å². The van der Waals surface area contributed by atoms with Gasteiger partial charge in [0.1, 0.15) is 11.4 Å². The molecule has 2 aromatic heterocycles. The third kappa shape index (κ3) is 2.90. The van der Waals surface area contributed by atoms with Gasteiger partial charge in [-0.25, -0.2) is 4.79 Å². The van der Waals surface area contributed by atoms with E-state index in [9.17, 15) is 4.79 Å². The molecule has 0 bridgehead atoms. The molecule has 1 aliphatic heterocycles. The van der Waals surface area contributed by atoms with E-state index in [2.05, 4.69) is 15.6 Å². The summed E-state index contributed by atoms with van der Waals surface area (Å²) in [6.07, 6.45) is 8.16. The zero-order valence-corrected chi connectivity index (χ0v) is 14.2. The van der Waals surface area contributed by atoms with Gasteiger partial charge >= 0.3 is 6.03 Å². The van der Waals surface area contributed by atoms with Crippen LogP contribution in [0.4, 0.5) is 10.5 Å². The predicted molar refractivity (Wildman–Crippen MR) is 89.0 cm³/mol. The van der Waals surface area contributed by atoms with Crippen molar-refractivity contribution in [2.75, 3.05) is 18.4 Å². The first-order chi connectivity index (χ1) is 11.6. The summed E-state index contributed by atoms with van der Waals surface area (Å²) in [6, 6.07) is 0.168. The van der Waals surface area contributed by atoms with Crippen molar-refractivity contribution in [3.05, 3.63) is 29.4 Å². The second-order valence-electron chi connectivity index (χ2n) is 6.95. The Morgan fingerprint density at radius 1 is 1.33 bits per heavy atom. The number of piperidine rings is 1. The maximum atomic E-state index is 12.7. The Labute approximate surface area is 141 Å². The molecule has 0 spiro atoms. The summed E-state index contributed by atoms with van der Waals surface area (Å²) in [4.78, 5) is 14.6. The molecule has 128 valence electrons. The summed E-state index contributed by atoms with van der Waals surface area (Å²) in [7, 11) is 0. The Morgan fingerprint density at radius 2 is 2.17 bits per heavy atom. The number of carbonyl (C=O) groups is 1. The van der Waals surface area contributed by atoms with Gasteiger partial charge < -0.3 is 14.7 Å². The summed E-state index contributed by atoms with van der Waals surface area (Å²) in [5.41, 5.74) is 2.66. The third-order valence-electron chi connectivity index (χ3n) is 4.86. The van der Waals surface area contributed by atoms with Crippen LogP contribution in [0.5, 0.6) is 0 Å². The summed E-state index contributed by atoms with van der Waals surface area (Å²) in [5, 5.41) is 11.4. The number of urea groups is 1. The summed E-state index contributed by atoms with van der Waals surface area (Å²) >= 11 is 0. The van der Waals surface area contributed by atoms with E-state index in [1.165, 1.54) is 0 Å². The lowest BCUT2D eigenvalue weighted by atomic mass is 10.1. The zero-order valence-electron chi connectivity index (χ0n) is 14.2. The monoisotopic (exact) mass is 329 g/mol. The molecule has 24 heavy (non-hydrogen) atoms. The lowest BCUT2D eigenvalue weighted by Crippen LogP contribution is -2.43. The van der Waals surface area contributed by atoms with Crippen LogP contribution in [0, 0.1) is 13.8 Å². The largest absolute Gasteiger partial charge is 0.359 e. The fourth-order valence-corrected chi connectivity index (χ4v) is 3.34. The fourth-order valence-electron chi connectivity index (χ4n) is 3.34. The standard InChI is InChI=1S/C17H23N5O2/c1-11-8-18-22(9-11)14-4-3-7-21(10-14)17(23)19-15-12(2)20-24-16(15)13-5-6-13/h8-9,13-14H,3-7,10H2,1-2H3,(H,19,23)/t14-/m0/s1. The fraction of sp³-hybridized carbons (Fsp3) is 0.588. The van der Waals surface area contributed by atoms with Crippen molar-refractivity contribution >= 4 is 11.7 Å². The first-order valence-corrected chi connectivity index (χ1v) is 8.64. The Morgan fingerprint density at radius 3 is 2.88 bits per heavy atom. The molecule has 1 atom stereocenters. The molecule has 2 aromatic rings. The minimum atomic E-state index is -0.0724. The number of nitrogens with zero attached hydrogens (tertiary/aromatic N) is 4. The number of likely N-dealkylation sites (tertiary alicyclic amines) is 1. The van der Waals surface area contributed by atoms with Gasteiger partial charge in [0.15, 0.2) is 5.76 Å². The number of amides is 2. The predicted octanol–water partition coefficient (Wildman–Crippen LogP) is 3.23. The average Bonchev–Trinajstić information content (AvgIpc) is 3.24. The highest BCUT2D eigenvalue weighted by Crippen LogP contribution is 2.44. The van der Waals surface area contributed by atoms with Gasteiger partial charge in [0.2, 0.25) is 0 Å². The van der Waals surface area contributed by atoms with Gasteiger partial charge in [-0.2, -0.15) is 5.10 Å². The number of aromatic nitrogens is 3. The summed E-state index contributed by atoms with van der Waals surface area (Å²) < 4.78 is 7.38. The lowest BCUT2D eigenvalue weighted by Gasteiger charge is -2.32. The van der Waals surface area contributed by atoms with E-state index >= 15 is 0 Å². The van der Waals surface area contributed by atoms with E-state index in [0.717, 1.165) is 54.9 Å². The second kappa shape index (κ2) is 5.96. The first-order valence-electron chi connectivity index (χ1n) is 8.64. The highest BCUT2D eigenvalue weighted by atomic mass is 16.5. The second-order valence-corrected chi connectivity index (χ2v) is 6.95. The molecule has 4 rings (SSSR count). The van der Waals surface area contributed by atoms with Crippen molar-refractivity contribution in [3.8, 4) is 0 Å². The quantitative estimate of drug-likeness (QED) is 0.938. The van der Waals surface area contributed by atoms with E-state index in [0.29, 0.717) is 12.5 Å². The molecular weight excluding hydrogens is 306 g/mol. The Bertz CT molecular complexity index is 746. The third-order valence-corrected chi connectivity index (χ3v) is 4.86. The Hall–Kier alpha value is -2.31. The number of hydrogen-bond acceptors (Lipinski definition) is 4. The molecule has 7 heteroatoms. The van der Waals surface area contributed by atoms with E-state index in [1.807, 2.05) is 35.8 Å². The molecule has 3 heterocycles. The first kappa shape index (κ1) is 15.2. The van der Waals surface area contributed by atoms with Crippen molar-refractivity contribution in [3.63, 3.8) is 0 Å². The van der Waals surface area contributed by atoms with Crippen LogP contribution in [-0.2, 0) is 0 Å². The summed E-state index contributed by atoms with van der Waals surface area (Å²) in [6.45, 7) is 5.35. The molecule has 1 saturated heterocycles. The van der Waals surface area contributed by atoms with Gasteiger partial charge in [0.25, 0.3) is 0 Å². The molecule has 0 unspecified atom stereocenters. The van der Waals surface area contributed by atoms with Crippen LogP contribution < -0.4 is 5.32 Å². The van der Waals surface area contributed by atoms with Crippen LogP contribution in [-0.4, -0.2) is 39.0 Å². The number of rotatable bonds is 3. The number of aryl methyl sites for hydroxylation is 2. The molecule has 0 radical (unpaired) electrons. The molecule has 1 N–H and O–H groups in total. The normalized spacial score (nSPS) is 21.1. The van der Waals surface area contributed by atoms with E-state index in [4.69, 9.17) is 4.52 Å². The van der Waals surface area contributed by atoms with Crippen molar-refractivity contribution in [1.82, 2.24) is 19.8 Å². The highest BCUT2D eigenvalue weighted by molar-refractivity contribution is 5.90. The topological polar surface area (TPSA) is 76.2 Å². The summed E-state index contributed by atoms with van der Waals surface area (Å²) in [5.74, 6) is 1.25. The van der Waals surface area contributed by atoms with Crippen molar-refractivity contribution < 1.29 is 9.32 Å². The minimum Gasteiger partial charge on any atom is -0.359 e. The van der Waals surface area contributed by atoms with Crippen molar-refractivity contribution in [2.45, 2.75) is 51.5 Å². The van der Waals surface area contributed by atoms with Gasteiger partial charge in [-0.3, -0.25) is 4.68 Å². The molecule has 2 amide bonds. The maximum absolute atomic E-state index is 12.7. The van der Waals surface area contributed by atoms with Crippen LogP contribution in [0.15, 0.2) is 16.9 Å². The van der Waals surface area contributed by atoms with Crippen molar-refractivity contribution in [1.29, 1.82) is 0 Å².